The lowest BCUT2D eigenvalue weighted by Gasteiger charge is -2.06. The second kappa shape index (κ2) is 7.80. The number of hydrogen-bond acceptors (Lipinski definition) is 5. The van der Waals surface area contributed by atoms with Gasteiger partial charge < -0.3 is 0 Å². The molecule has 6 heteroatoms. The molecule has 0 unspecified atom stereocenters. The predicted molar refractivity (Wildman–Crippen MR) is 105 cm³/mol. The number of hydrogen-bond donors (Lipinski definition) is 1. The topological polar surface area (TPSA) is 54.9 Å². The van der Waals surface area contributed by atoms with Gasteiger partial charge in [-0.1, -0.05) is 65.1 Å². The van der Waals surface area contributed by atoms with Gasteiger partial charge in [0.2, 0.25) is 5.13 Å². The Bertz CT molecular complexity index is 905. The highest BCUT2D eigenvalue weighted by atomic mass is 32.2. The Balaban J connectivity index is 1.64. The van der Waals surface area contributed by atoms with Crippen LogP contribution in [0.15, 0.2) is 46.8 Å². The van der Waals surface area contributed by atoms with Crippen LogP contribution in [0.2, 0.25) is 0 Å². The SMILES string of the molecule is Cc1ccc(C)c(C(=O)Nc2nnc(SCc3ccccc3C)s2)c1. The molecule has 1 N–H and O–H groups in total. The van der Waals surface area contributed by atoms with Gasteiger partial charge in [-0.05, 0) is 43.5 Å². The van der Waals surface area contributed by atoms with E-state index in [9.17, 15) is 4.79 Å². The number of rotatable bonds is 5. The minimum atomic E-state index is -0.146. The summed E-state index contributed by atoms with van der Waals surface area (Å²) in [6, 6.07) is 14.1. The lowest BCUT2D eigenvalue weighted by Crippen LogP contribution is -2.13. The average Bonchev–Trinajstić information content (AvgIpc) is 3.03. The normalized spacial score (nSPS) is 10.7. The van der Waals surface area contributed by atoms with Crippen LogP contribution in [0, 0.1) is 20.8 Å². The molecular weight excluding hydrogens is 350 g/mol. The first kappa shape index (κ1) is 17.6. The third-order valence-electron chi connectivity index (χ3n) is 3.88. The quantitative estimate of drug-likeness (QED) is 0.507. The second-order valence-corrected chi connectivity index (χ2v) is 8.06. The Morgan fingerprint density at radius 1 is 1.08 bits per heavy atom. The molecule has 0 aliphatic rings. The van der Waals surface area contributed by atoms with Gasteiger partial charge in [-0.25, -0.2) is 0 Å². The number of amides is 1. The first-order valence-electron chi connectivity index (χ1n) is 7.92. The molecule has 0 radical (unpaired) electrons. The zero-order valence-corrected chi connectivity index (χ0v) is 16.0. The molecule has 3 aromatic rings. The highest BCUT2D eigenvalue weighted by molar-refractivity contribution is 8.00. The molecule has 1 aromatic heterocycles. The van der Waals surface area contributed by atoms with Crippen LogP contribution in [-0.4, -0.2) is 16.1 Å². The zero-order chi connectivity index (χ0) is 17.8. The van der Waals surface area contributed by atoms with E-state index in [4.69, 9.17) is 0 Å². The molecule has 0 bridgehead atoms. The van der Waals surface area contributed by atoms with Gasteiger partial charge in [-0.3, -0.25) is 10.1 Å². The summed E-state index contributed by atoms with van der Waals surface area (Å²) in [4.78, 5) is 12.4. The maximum Gasteiger partial charge on any atom is 0.257 e. The van der Waals surface area contributed by atoms with Gasteiger partial charge in [0.1, 0.15) is 0 Å². The molecule has 0 saturated heterocycles. The molecule has 0 saturated carbocycles. The van der Waals surface area contributed by atoms with Crippen LogP contribution in [0.1, 0.15) is 32.6 Å². The standard InChI is InChI=1S/C19H19N3OS2/c1-12-8-9-14(3)16(10-12)17(23)20-18-21-22-19(25-18)24-11-15-7-5-4-6-13(15)2/h4-10H,11H2,1-3H3,(H,20,21,23). The monoisotopic (exact) mass is 369 g/mol. The molecule has 0 fully saturated rings. The molecule has 25 heavy (non-hydrogen) atoms. The summed E-state index contributed by atoms with van der Waals surface area (Å²) >= 11 is 3.03. The second-order valence-electron chi connectivity index (χ2n) is 5.86. The number of anilines is 1. The van der Waals surface area contributed by atoms with Crippen LogP contribution in [0.4, 0.5) is 5.13 Å². The van der Waals surface area contributed by atoms with E-state index in [0.29, 0.717) is 10.7 Å². The van der Waals surface area contributed by atoms with Gasteiger partial charge >= 0.3 is 0 Å². The summed E-state index contributed by atoms with van der Waals surface area (Å²) < 4.78 is 0.847. The lowest BCUT2D eigenvalue weighted by molar-refractivity contribution is 0.102. The first-order valence-corrected chi connectivity index (χ1v) is 9.72. The van der Waals surface area contributed by atoms with E-state index in [1.54, 1.807) is 11.8 Å². The summed E-state index contributed by atoms with van der Waals surface area (Å²) in [5, 5.41) is 11.6. The number of aromatic nitrogens is 2. The van der Waals surface area contributed by atoms with Crippen molar-refractivity contribution in [2.24, 2.45) is 0 Å². The van der Waals surface area contributed by atoms with Gasteiger partial charge in [0.25, 0.3) is 5.91 Å². The number of nitrogens with zero attached hydrogens (tertiary/aromatic N) is 2. The molecule has 1 amide bonds. The fourth-order valence-corrected chi connectivity index (χ4v) is 4.20. The number of carbonyl (C=O) groups is 1. The van der Waals surface area contributed by atoms with Crippen molar-refractivity contribution in [1.82, 2.24) is 10.2 Å². The van der Waals surface area contributed by atoms with Gasteiger partial charge in [-0.15, -0.1) is 10.2 Å². The van der Waals surface area contributed by atoms with E-state index in [1.807, 2.05) is 44.2 Å². The summed E-state index contributed by atoms with van der Waals surface area (Å²) in [7, 11) is 0. The molecule has 128 valence electrons. The van der Waals surface area contributed by atoms with Crippen molar-refractivity contribution in [2.45, 2.75) is 30.9 Å². The molecule has 0 aliphatic carbocycles. The van der Waals surface area contributed by atoms with E-state index in [2.05, 4.69) is 34.6 Å². The number of nitrogens with one attached hydrogen (secondary N) is 1. The molecule has 4 nitrogen and oxygen atoms in total. The fraction of sp³-hybridized carbons (Fsp3) is 0.211. The van der Waals surface area contributed by atoms with Crippen molar-refractivity contribution in [3.63, 3.8) is 0 Å². The maximum absolute atomic E-state index is 12.4. The Labute approximate surface area is 155 Å². The third kappa shape index (κ3) is 4.46. The van der Waals surface area contributed by atoms with E-state index >= 15 is 0 Å². The minimum Gasteiger partial charge on any atom is -0.296 e. The molecular formula is C19H19N3OS2. The van der Waals surface area contributed by atoms with Gasteiger partial charge in [0.05, 0.1) is 0 Å². The van der Waals surface area contributed by atoms with Crippen LogP contribution in [0.3, 0.4) is 0 Å². The Morgan fingerprint density at radius 2 is 1.88 bits per heavy atom. The predicted octanol–water partition coefficient (Wildman–Crippen LogP) is 5.01. The van der Waals surface area contributed by atoms with Crippen LogP contribution in [0.5, 0.6) is 0 Å². The van der Waals surface area contributed by atoms with E-state index in [-0.39, 0.29) is 5.91 Å². The minimum absolute atomic E-state index is 0.146. The summed E-state index contributed by atoms with van der Waals surface area (Å²) in [6.07, 6.45) is 0. The highest BCUT2D eigenvalue weighted by Crippen LogP contribution is 2.29. The van der Waals surface area contributed by atoms with Crippen LogP contribution < -0.4 is 5.32 Å². The number of benzene rings is 2. The molecule has 2 aromatic carbocycles. The van der Waals surface area contributed by atoms with Crippen molar-refractivity contribution >= 4 is 34.1 Å². The number of aryl methyl sites for hydroxylation is 3. The first-order chi connectivity index (χ1) is 12.0. The third-order valence-corrected chi connectivity index (χ3v) is 5.90. The van der Waals surface area contributed by atoms with Gasteiger partial charge in [-0.2, -0.15) is 0 Å². The Hall–Kier alpha value is -2.18. The van der Waals surface area contributed by atoms with E-state index < -0.39 is 0 Å². The molecule has 3 rings (SSSR count). The number of thioether (sulfide) groups is 1. The van der Waals surface area contributed by atoms with E-state index in [0.717, 1.165) is 21.2 Å². The summed E-state index contributed by atoms with van der Waals surface area (Å²) in [5.41, 5.74) is 5.22. The van der Waals surface area contributed by atoms with Crippen LogP contribution in [0.25, 0.3) is 0 Å². The molecule has 0 aliphatic heterocycles. The Kier molecular flexibility index (Phi) is 5.50. The summed E-state index contributed by atoms with van der Waals surface area (Å²) in [5.74, 6) is 0.694. The largest absolute Gasteiger partial charge is 0.296 e. The lowest BCUT2D eigenvalue weighted by atomic mass is 10.1. The molecule has 0 spiro atoms. The van der Waals surface area contributed by atoms with Gasteiger partial charge in [0, 0.05) is 11.3 Å². The smallest absolute Gasteiger partial charge is 0.257 e. The van der Waals surface area contributed by atoms with Crippen molar-refractivity contribution in [3.05, 3.63) is 70.3 Å². The zero-order valence-electron chi connectivity index (χ0n) is 14.4. The maximum atomic E-state index is 12.4. The summed E-state index contributed by atoms with van der Waals surface area (Å²) in [6.45, 7) is 6.01. The Morgan fingerprint density at radius 3 is 2.68 bits per heavy atom. The van der Waals surface area contributed by atoms with Crippen molar-refractivity contribution < 1.29 is 4.79 Å². The average molecular weight is 370 g/mol. The van der Waals surface area contributed by atoms with Crippen LogP contribution >= 0.6 is 23.1 Å². The fourth-order valence-electron chi connectivity index (χ4n) is 2.38. The van der Waals surface area contributed by atoms with Crippen molar-refractivity contribution in [2.75, 3.05) is 5.32 Å². The van der Waals surface area contributed by atoms with Crippen LogP contribution in [-0.2, 0) is 5.75 Å². The van der Waals surface area contributed by atoms with Gasteiger partial charge in [0.15, 0.2) is 4.34 Å². The van der Waals surface area contributed by atoms with Crippen molar-refractivity contribution in [1.29, 1.82) is 0 Å². The van der Waals surface area contributed by atoms with E-state index in [1.165, 1.54) is 22.5 Å². The molecule has 1 heterocycles. The van der Waals surface area contributed by atoms with Crippen molar-refractivity contribution in [3.8, 4) is 0 Å². The molecule has 0 atom stereocenters. The highest BCUT2D eigenvalue weighted by Gasteiger charge is 2.13. The number of carbonyl (C=O) groups excluding carboxylic acids is 1.